The van der Waals surface area contributed by atoms with Crippen molar-refractivity contribution < 1.29 is 13.9 Å². The fourth-order valence-corrected chi connectivity index (χ4v) is 0.926. The van der Waals surface area contributed by atoms with E-state index in [4.69, 9.17) is 4.74 Å². The molecule has 0 N–H and O–H groups in total. The maximum absolute atomic E-state index is 13.0. The molecule has 1 aromatic carbocycles. The van der Waals surface area contributed by atoms with Gasteiger partial charge in [-0.05, 0) is 6.07 Å². The average Bonchev–Trinajstić information content (AvgIpc) is 2.10. The van der Waals surface area contributed by atoms with Crippen LogP contribution in [0, 0.1) is 5.82 Å². The Hall–Kier alpha value is -1.22. The van der Waals surface area contributed by atoms with E-state index >= 15 is 0 Å². The van der Waals surface area contributed by atoms with Crippen LogP contribution in [0.25, 0.3) is 0 Å². The summed E-state index contributed by atoms with van der Waals surface area (Å²) in [6.45, 7) is 0. The van der Waals surface area contributed by atoms with Gasteiger partial charge >= 0.3 is 0 Å². The predicted octanol–water partition coefficient (Wildman–Crippen LogP) is 1.62. The minimum atomic E-state index is -0.925. The van der Waals surface area contributed by atoms with Crippen LogP contribution in [-0.4, -0.2) is 13.4 Å². The van der Waals surface area contributed by atoms with Crippen LogP contribution in [0.3, 0.4) is 0 Å². The monoisotopic (exact) mass is 167 g/mol. The summed E-state index contributed by atoms with van der Waals surface area (Å²) in [4.78, 5) is 10.3. The lowest BCUT2D eigenvalue weighted by Crippen LogP contribution is -2.04. The molecule has 12 heavy (non-hydrogen) atoms. The molecule has 0 amide bonds. The van der Waals surface area contributed by atoms with Crippen molar-refractivity contribution in [3.8, 4) is 0 Å². The lowest BCUT2D eigenvalue weighted by Gasteiger charge is -2.07. The lowest BCUT2D eigenvalue weighted by molar-refractivity contribution is 0.151. The summed E-state index contributed by atoms with van der Waals surface area (Å²) in [6.07, 6.45) is 0.672. The van der Waals surface area contributed by atoms with Crippen molar-refractivity contribution in [1.82, 2.24) is 0 Å². The van der Waals surface area contributed by atoms with Gasteiger partial charge in [0.2, 0.25) is 6.29 Å². The molecule has 0 saturated carbocycles. The van der Waals surface area contributed by atoms with E-state index in [1.54, 1.807) is 18.4 Å². The number of benzene rings is 1. The molecule has 3 heteroatoms. The number of hydrogen-bond donors (Lipinski definition) is 0. The number of ether oxygens (including phenoxy) is 1. The standard InChI is InChI=1S/C9H8FO2/c1-12-9(6-11)7-4-2-3-5-8(7)10/h2-5,9H,1H3/t9-/m0/s1. The predicted molar refractivity (Wildman–Crippen MR) is 41.8 cm³/mol. The molecule has 0 heterocycles. The largest absolute Gasteiger partial charge is 0.368 e. The number of methoxy groups -OCH3 is 1. The topological polar surface area (TPSA) is 26.3 Å². The fraction of sp³-hybridized carbons (Fsp3) is 0.222. The van der Waals surface area contributed by atoms with Gasteiger partial charge in [0.15, 0.2) is 6.10 Å². The lowest BCUT2D eigenvalue weighted by atomic mass is 10.1. The summed E-state index contributed by atoms with van der Waals surface area (Å²) in [5.74, 6) is -0.451. The van der Waals surface area contributed by atoms with Gasteiger partial charge in [0.05, 0.1) is 0 Å². The van der Waals surface area contributed by atoms with Crippen LogP contribution in [0.5, 0.6) is 0 Å². The van der Waals surface area contributed by atoms with E-state index in [0.717, 1.165) is 0 Å². The summed E-state index contributed by atoms with van der Waals surface area (Å²) in [6, 6.07) is 5.96. The van der Waals surface area contributed by atoms with Crippen LogP contribution in [0.4, 0.5) is 4.39 Å². The Bertz CT molecular complexity index is 273. The zero-order chi connectivity index (χ0) is 8.97. The molecule has 1 rings (SSSR count). The van der Waals surface area contributed by atoms with Crippen LogP contribution in [0.1, 0.15) is 11.7 Å². The number of carbonyl (C=O) groups excluding carboxylic acids is 1. The van der Waals surface area contributed by atoms with Crippen molar-refractivity contribution in [2.24, 2.45) is 0 Å². The molecule has 0 fully saturated rings. The highest BCUT2D eigenvalue weighted by Gasteiger charge is 2.13. The van der Waals surface area contributed by atoms with Gasteiger partial charge in [0.1, 0.15) is 5.82 Å². The van der Waals surface area contributed by atoms with E-state index in [1.165, 1.54) is 19.2 Å². The molecule has 0 aliphatic carbocycles. The minimum absolute atomic E-state index is 0.218. The van der Waals surface area contributed by atoms with Gasteiger partial charge in [0, 0.05) is 12.7 Å². The summed E-state index contributed by atoms with van der Waals surface area (Å²) in [7, 11) is 1.34. The Morgan fingerprint density at radius 3 is 2.67 bits per heavy atom. The third-order valence-electron chi connectivity index (χ3n) is 1.53. The van der Waals surface area contributed by atoms with Crippen molar-refractivity contribution in [2.45, 2.75) is 6.10 Å². The fourth-order valence-electron chi connectivity index (χ4n) is 0.926. The van der Waals surface area contributed by atoms with E-state index < -0.39 is 11.9 Å². The number of rotatable bonds is 3. The van der Waals surface area contributed by atoms with Crippen molar-refractivity contribution in [3.63, 3.8) is 0 Å². The second-order valence-corrected chi connectivity index (χ2v) is 2.26. The second kappa shape index (κ2) is 3.97. The molecule has 0 unspecified atom stereocenters. The van der Waals surface area contributed by atoms with Gasteiger partial charge in [-0.1, -0.05) is 18.2 Å². The minimum Gasteiger partial charge on any atom is -0.368 e. The van der Waals surface area contributed by atoms with Crippen molar-refractivity contribution in [3.05, 3.63) is 35.6 Å². The summed E-state index contributed by atoms with van der Waals surface area (Å²) in [5.41, 5.74) is 0.218. The van der Waals surface area contributed by atoms with Crippen molar-refractivity contribution in [2.75, 3.05) is 7.11 Å². The molecule has 2 nitrogen and oxygen atoms in total. The quantitative estimate of drug-likeness (QED) is 0.683. The first-order valence-corrected chi connectivity index (χ1v) is 3.44. The van der Waals surface area contributed by atoms with Gasteiger partial charge in [-0.3, -0.25) is 4.79 Å². The van der Waals surface area contributed by atoms with Gasteiger partial charge in [-0.15, -0.1) is 0 Å². The van der Waals surface area contributed by atoms with Crippen LogP contribution >= 0.6 is 0 Å². The molecule has 1 atom stereocenters. The summed E-state index contributed by atoms with van der Waals surface area (Å²) >= 11 is 0. The number of halogens is 1. The van der Waals surface area contributed by atoms with Crippen molar-refractivity contribution in [1.29, 1.82) is 0 Å². The first kappa shape index (κ1) is 8.87. The molecule has 63 valence electrons. The molecule has 0 spiro atoms. The SMILES string of the molecule is CO[C@@H]([C]=O)c1ccccc1F. The molecule has 0 bridgehead atoms. The zero-order valence-electron chi connectivity index (χ0n) is 6.58. The van der Waals surface area contributed by atoms with Gasteiger partial charge in [0.25, 0.3) is 0 Å². The Morgan fingerprint density at radius 2 is 2.17 bits per heavy atom. The molecule has 0 saturated heterocycles. The maximum Gasteiger partial charge on any atom is 0.234 e. The highest BCUT2D eigenvalue weighted by Crippen LogP contribution is 2.17. The first-order valence-electron chi connectivity index (χ1n) is 3.44. The van der Waals surface area contributed by atoms with E-state index in [-0.39, 0.29) is 5.56 Å². The van der Waals surface area contributed by atoms with Crippen LogP contribution in [-0.2, 0) is 9.53 Å². The van der Waals surface area contributed by atoms with Crippen LogP contribution < -0.4 is 0 Å². The third kappa shape index (κ3) is 1.68. The van der Waals surface area contributed by atoms with E-state index in [0.29, 0.717) is 0 Å². The maximum atomic E-state index is 13.0. The molecule has 1 radical (unpaired) electrons. The molecule has 0 aliphatic rings. The Morgan fingerprint density at radius 1 is 1.50 bits per heavy atom. The molecular formula is C9H8FO2. The Balaban J connectivity index is 3.00. The molecule has 1 aromatic rings. The highest BCUT2D eigenvalue weighted by molar-refractivity contribution is 5.60. The van der Waals surface area contributed by atoms with E-state index in [2.05, 4.69) is 0 Å². The second-order valence-electron chi connectivity index (χ2n) is 2.26. The Labute approximate surface area is 70.0 Å². The van der Waals surface area contributed by atoms with Gasteiger partial charge in [-0.2, -0.15) is 0 Å². The molecular weight excluding hydrogens is 159 g/mol. The van der Waals surface area contributed by atoms with Gasteiger partial charge < -0.3 is 4.74 Å². The molecule has 0 aromatic heterocycles. The summed E-state index contributed by atoms with van der Waals surface area (Å²) in [5, 5.41) is 0. The normalized spacial score (nSPS) is 12.5. The Kier molecular flexibility index (Phi) is 2.94. The van der Waals surface area contributed by atoms with Crippen molar-refractivity contribution >= 4 is 6.29 Å². The zero-order valence-corrected chi connectivity index (χ0v) is 6.58. The van der Waals surface area contributed by atoms with Gasteiger partial charge in [-0.25, -0.2) is 4.39 Å². The highest BCUT2D eigenvalue weighted by atomic mass is 19.1. The smallest absolute Gasteiger partial charge is 0.234 e. The van der Waals surface area contributed by atoms with E-state index in [9.17, 15) is 9.18 Å². The summed E-state index contributed by atoms with van der Waals surface area (Å²) < 4.78 is 17.7. The molecule has 0 aliphatic heterocycles. The van der Waals surface area contributed by atoms with Crippen LogP contribution in [0.2, 0.25) is 0 Å². The van der Waals surface area contributed by atoms with Crippen LogP contribution in [0.15, 0.2) is 24.3 Å². The number of hydrogen-bond acceptors (Lipinski definition) is 2. The van der Waals surface area contributed by atoms with E-state index in [1.807, 2.05) is 0 Å². The first-order chi connectivity index (χ1) is 5.79. The average molecular weight is 167 g/mol. The third-order valence-corrected chi connectivity index (χ3v) is 1.53.